The lowest BCUT2D eigenvalue weighted by molar-refractivity contribution is -0.137. The highest BCUT2D eigenvalue weighted by atomic mass is 19.4. The summed E-state index contributed by atoms with van der Waals surface area (Å²) in [5.74, 6) is 0.675. The number of hydrogen-bond donors (Lipinski definition) is 1. The predicted octanol–water partition coefficient (Wildman–Crippen LogP) is 4.43. The van der Waals surface area contributed by atoms with Crippen molar-refractivity contribution in [1.29, 1.82) is 0 Å². The number of ether oxygens (including phenoxy) is 1. The Bertz CT molecular complexity index is 943. The van der Waals surface area contributed by atoms with E-state index in [1.807, 2.05) is 6.92 Å². The molecular formula is C19H18F3N3O. The zero-order valence-electron chi connectivity index (χ0n) is 14.2. The molecule has 26 heavy (non-hydrogen) atoms. The Morgan fingerprint density at radius 3 is 2.46 bits per heavy atom. The predicted molar refractivity (Wildman–Crippen MR) is 93.8 cm³/mol. The first-order valence-electron chi connectivity index (χ1n) is 7.95. The number of fused-ring (bicyclic) bond motifs is 1. The van der Waals surface area contributed by atoms with Gasteiger partial charge in [0.2, 0.25) is 0 Å². The van der Waals surface area contributed by atoms with E-state index in [1.54, 1.807) is 24.3 Å². The van der Waals surface area contributed by atoms with E-state index in [9.17, 15) is 13.2 Å². The Morgan fingerprint density at radius 2 is 1.88 bits per heavy atom. The monoisotopic (exact) mass is 361 g/mol. The molecule has 0 fully saturated rings. The maximum Gasteiger partial charge on any atom is 0.417 e. The van der Waals surface area contributed by atoms with Crippen molar-refractivity contribution in [1.82, 2.24) is 9.38 Å². The van der Waals surface area contributed by atoms with Crippen molar-refractivity contribution < 1.29 is 17.9 Å². The minimum Gasteiger partial charge on any atom is -0.489 e. The van der Waals surface area contributed by atoms with Crippen molar-refractivity contribution in [3.05, 3.63) is 66.0 Å². The summed E-state index contributed by atoms with van der Waals surface area (Å²) in [5, 5.41) is 0. The van der Waals surface area contributed by atoms with E-state index >= 15 is 0 Å². The maximum atomic E-state index is 13.0. The third-order valence-electron chi connectivity index (χ3n) is 3.85. The van der Waals surface area contributed by atoms with Crippen LogP contribution in [0.2, 0.25) is 0 Å². The first kappa shape index (κ1) is 18.0. The van der Waals surface area contributed by atoms with Gasteiger partial charge < -0.3 is 14.9 Å². The van der Waals surface area contributed by atoms with E-state index in [0.717, 1.165) is 23.4 Å². The van der Waals surface area contributed by atoms with Crippen LogP contribution in [0, 0.1) is 0 Å². The van der Waals surface area contributed by atoms with Gasteiger partial charge in [0.05, 0.1) is 17.0 Å². The number of pyridine rings is 1. The number of imidazole rings is 1. The van der Waals surface area contributed by atoms with Gasteiger partial charge in [-0.05, 0) is 48.9 Å². The Morgan fingerprint density at radius 1 is 1.19 bits per heavy atom. The summed E-state index contributed by atoms with van der Waals surface area (Å²) in [5.41, 5.74) is 8.19. The Kier molecular flexibility index (Phi) is 4.73. The van der Waals surface area contributed by atoms with Gasteiger partial charge in [0.15, 0.2) is 0 Å². The van der Waals surface area contributed by atoms with E-state index < -0.39 is 11.7 Å². The van der Waals surface area contributed by atoms with Crippen LogP contribution in [0.15, 0.2) is 54.7 Å². The molecule has 0 radical (unpaired) electrons. The fourth-order valence-corrected chi connectivity index (χ4v) is 2.60. The third kappa shape index (κ3) is 3.57. The van der Waals surface area contributed by atoms with E-state index in [1.165, 1.54) is 10.5 Å². The average molecular weight is 361 g/mol. The number of rotatable bonds is 5. The summed E-state index contributed by atoms with van der Waals surface area (Å²) in [7, 11) is 0. The topological polar surface area (TPSA) is 52.5 Å². The highest BCUT2D eigenvalue weighted by molar-refractivity contribution is 5.67. The number of benzene rings is 1. The summed E-state index contributed by atoms with van der Waals surface area (Å²) in [6.45, 7) is 6.12. The van der Waals surface area contributed by atoms with Crippen LogP contribution in [0.4, 0.5) is 13.2 Å². The van der Waals surface area contributed by atoms with Gasteiger partial charge in [-0.25, -0.2) is 4.98 Å². The van der Waals surface area contributed by atoms with Crippen LogP contribution < -0.4 is 10.5 Å². The van der Waals surface area contributed by atoms with Gasteiger partial charge in [-0.1, -0.05) is 6.58 Å². The van der Waals surface area contributed by atoms with E-state index in [0.29, 0.717) is 29.4 Å². The van der Waals surface area contributed by atoms with Crippen LogP contribution in [0.25, 0.3) is 16.9 Å². The molecule has 2 N–H and O–H groups in total. The van der Waals surface area contributed by atoms with Crippen molar-refractivity contribution in [2.24, 2.45) is 5.73 Å². The highest BCUT2D eigenvalue weighted by Crippen LogP contribution is 2.31. The third-order valence-corrected chi connectivity index (χ3v) is 3.85. The summed E-state index contributed by atoms with van der Waals surface area (Å²) >= 11 is 0. The van der Waals surface area contributed by atoms with Crippen LogP contribution in [0.5, 0.6) is 5.75 Å². The van der Waals surface area contributed by atoms with Gasteiger partial charge in [0.25, 0.3) is 0 Å². The van der Waals surface area contributed by atoms with Crippen molar-refractivity contribution in [3.63, 3.8) is 0 Å². The normalized spacial score (nSPS) is 11.7. The van der Waals surface area contributed by atoms with Gasteiger partial charge in [0.1, 0.15) is 18.0 Å². The number of nitrogens with zero attached hydrogens (tertiary/aromatic N) is 2. The molecule has 2 heterocycles. The zero-order valence-corrected chi connectivity index (χ0v) is 14.2. The number of nitrogens with two attached hydrogens (primary N) is 1. The lowest BCUT2D eigenvalue weighted by atomic mass is 10.1. The number of hydrogen-bond acceptors (Lipinski definition) is 3. The van der Waals surface area contributed by atoms with Gasteiger partial charge in [0, 0.05) is 18.3 Å². The van der Waals surface area contributed by atoms with Gasteiger partial charge >= 0.3 is 6.18 Å². The number of aromatic nitrogens is 2. The van der Waals surface area contributed by atoms with E-state index in [4.69, 9.17) is 10.5 Å². The van der Waals surface area contributed by atoms with Crippen molar-refractivity contribution >= 4 is 5.65 Å². The molecular weight excluding hydrogens is 343 g/mol. The first-order chi connectivity index (χ1) is 12.3. The van der Waals surface area contributed by atoms with Crippen LogP contribution in [-0.4, -0.2) is 16.0 Å². The largest absolute Gasteiger partial charge is 0.489 e. The van der Waals surface area contributed by atoms with Gasteiger partial charge in [-0.15, -0.1) is 0 Å². The highest BCUT2D eigenvalue weighted by Gasteiger charge is 2.31. The molecule has 0 saturated carbocycles. The maximum absolute atomic E-state index is 13.0. The molecule has 0 bridgehead atoms. The lowest BCUT2D eigenvalue weighted by Crippen LogP contribution is -2.08. The molecule has 0 aliphatic heterocycles. The summed E-state index contributed by atoms with van der Waals surface area (Å²) in [6, 6.07) is 9.53. The summed E-state index contributed by atoms with van der Waals surface area (Å²) < 4.78 is 45.9. The molecule has 0 amide bonds. The smallest absolute Gasteiger partial charge is 0.417 e. The molecule has 0 aliphatic carbocycles. The molecule has 0 unspecified atom stereocenters. The van der Waals surface area contributed by atoms with Crippen LogP contribution >= 0.6 is 0 Å². The zero-order chi connectivity index (χ0) is 18.9. The van der Waals surface area contributed by atoms with Crippen molar-refractivity contribution in [2.75, 3.05) is 6.61 Å². The van der Waals surface area contributed by atoms with Gasteiger partial charge in [-0.3, -0.25) is 0 Å². The summed E-state index contributed by atoms with van der Waals surface area (Å²) in [6.07, 6.45) is -3.40. The molecule has 3 rings (SSSR count). The van der Waals surface area contributed by atoms with E-state index in [2.05, 4.69) is 11.6 Å². The molecule has 1 aromatic carbocycles. The molecule has 2 aromatic heterocycles. The van der Waals surface area contributed by atoms with E-state index in [-0.39, 0.29) is 6.54 Å². The second kappa shape index (κ2) is 6.84. The lowest BCUT2D eigenvalue weighted by Gasteiger charge is -2.08. The average Bonchev–Trinajstić information content (AvgIpc) is 2.97. The minimum atomic E-state index is -4.42. The summed E-state index contributed by atoms with van der Waals surface area (Å²) in [4.78, 5) is 4.44. The Labute approximate surface area is 148 Å². The number of halogens is 3. The number of alkyl halides is 3. The molecule has 0 saturated heterocycles. The molecule has 7 heteroatoms. The molecule has 0 atom stereocenters. The van der Waals surface area contributed by atoms with Crippen LogP contribution in [0.3, 0.4) is 0 Å². The molecule has 0 spiro atoms. The van der Waals surface area contributed by atoms with Gasteiger partial charge in [-0.2, -0.15) is 13.2 Å². The second-order valence-corrected chi connectivity index (χ2v) is 6.03. The Balaban J connectivity index is 2.00. The molecule has 136 valence electrons. The second-order valence-electron chi connectivity index (χ2n) is 6.03. The molecule has 0 aliphatic rings. The minimum absolute atomic E-state index is 0.0612. The van der Waals surface area contributed by atoms with Crippen molar-refractivity contribution in [3.8, 4) is 17.0 Å². The molecule has 3 aromatic rings. The fraction of sp³-hybridized carbons (Fsp3) is 0.211. The fourth-order valence-electron chi connectivity index (χ4n) is 2.60. The standard InChI is InChI=1S/C19H18F3N3O/c1-12(2)11-26-15-6-3-13(4-7-15)18-16(9-23)25-10-14(19(20,21)22)5-8-17(25)24-18/h3-8,10H,1,9,11,23H2,2H3. The first-order valence-corrected chi connectivity index (χ1v) is 7.95. The van der Waals surface area contributed by atoms with Crippen LogP contribution in [-0.2, 0) is 12.7 Å². The van der Waals surface area contributed by atoms with Crippen molar-refractivity contribution in [2.45, 2.75) is 19.6 Å². The SMILES string of the molecule is C=C(C)COc1ccc(-c2nc3ccc(C(F)(F)F)cn3c2CN)cc1. The van der Waals surface area contributed by atoms with Crippen LogP contribution in [0.1, 0.15) is 18.2 Å². The quantitative estimate of drug-likeness (QED) is 0.684. The molecule has 4 nitrogen and oxygen atoms in total. The Hall–Kier alpha value is -2.80.